The first kappa shape index (κ1) is 17.9. The van der Waals surface area contributed by atoms with Crippen molar-refractivity contribution < 1.29 is 14.3 Å². The molecule has 0 unspecified atom stereocenters. The van der Waals surface area contributed by atoms with Crippen LogP contribution in [0.2, 0.25) is 0 Å². The fourth-order valence-corrected chi connectivity index (χ4v) is 2.61. The van der Waals surface area contributed by atoms with Crippen LogP contribution in [-0.2, 0) is 5.75 Å². The number of thioether (sulfide) groups is 1. The maximum Gasteiger partial charge on any atom is 0.269 e. The molecule has 0 aromatic heterocycles. The van der Waals surface area contributed by atoms with E-state index >= 15 is 0 Å². The first-order valence-electron chi connectivity index (χ1n) is 7.55. The second-order valence-electron chi connectivity index (χ2n) is 5.00. The molecule has 2 aromatic carbocycles. The van der Waals surface area contributed by atoms with Crippen molar-refractivity contribution in [2.24, 2.45) is 0 Å². The number of ether oxygens (including phenoxy) is 1. The van der Waals surface area contributed by atoms with E-state index in [9.17, 15) is 9.59 Å². The maximum atomic E-state index is 12.1. The Hall–Kier alpha value is -2.47. The second kappa shape index (κ2) is 8.98. The van der Waals surface area contributed by atoms with Gasteiger partial charge in [0.2, 0.25) is 0 Å². The number of hydrazine groups is 1. The van der Waals surface area contributed by atoms with Crippen molar-refractivity contribution in [3.8, 4) is 5.75 Å². The van der Waals surface area contributed by atoms with Gasteiger partial charge < -0.3 is 4.74 Å². The summed E-state index contributed by atoms with van der Waals surface area (Å²) in [5.74, 6) is 0.798. The summed E-state index contributed by atoms with van der Waals surface area (Å²) in [5, 5.41) is 0. The number of rotatable bonds is 6. The smallest absolute Gasteiger partial charge is 0.269 e. The minimum absolute atomic E-state index is 0.350. The van der Waals surface area contributed by atoms with E-state index in [1.807, 2.05) is 31.4 Å². The number of hydrogen-bond donors (Lipinski definition) is 2. The van der Waals surface area contributed by atoms with Gasteiger partial charge in [-0.1, -0.05) is 12.1 Å². The van der Waals surface area contributed by atoms with Gasteiger partial charge in [0.05, 0.1) is 6.61 Å². The monoisotopic (exact) mass is 344 g/mol. The Morgan fingerprint density at radius 3 is 2.29 bits per heavy atom. The molecule has 0 radical (unpaired) electrons. The zero-order valence-corrected chi connectivity index (χ0v) is 14.5. The number of amides is 2. The molecule has 0 aliphatic heterocycles. The minimum atomic E-state index is -0.383. The summed E-state index contributed by atoms with van der Waals surface area (Å²) in [7, 11) is 0. The van der Waals surface area contributed by atoms with Gasteiger partial charge in [0.25, 0.3) is 11.8 Å². The molecule has 0 atom stereocenters. The van der Waals surface area contributed by atoms with Gasteiger partial charge in [-0.2, -0.15) is 11.8 Å². The maximum absolute atomic E-state index is 12.1. The highest BCUT2D eigenvalue weighted by Crippen LogP contribution is 2.12. The lowest BCUT2D eigenvalue weighted by molar-refractivity contribution is 0.0846. The molecule has 126 valence electrons. The number of carbonyl (C=O) groups is 2. The second-order valence-corrected chi connectivity index (χ2v) is 5.87. The first-order chi connectivity index (χ1) is 11.6. The average molecular weight is 344 g/mol. The minimum Gasteiger partial charge on any atom is -0.494 e. The molecule has 2 N–H and O–H groups in total. The van der Waals surface area contributed by atoms with Gasteiger partial charge in [0.15, 0.2) is 0 Å². The van der Waals surface area contributed by atoms with Crippen molar-refractivity contribution in [1.29, 1.82) is 0 Å². The van der Waals surface area contributed by atoms with Crippen LogP contribution in [0.25, 0.3) is 0 Å². The molecule has 0 saturated heterocycles. The largest absolute Gasteiger partial charge is 0.494 e. The Balaban J connectivity index is 1.93. The van der Waals surface area contributed by atoms with E-state index in [1.165, 1.54) is 0 Å². The Bertz CT molecular complexity index is 702. The van der Waals surface area contributed by atoms with E-state index in [4.69, 9.17) is 4.74 Å². The predicted octanol–water partition coefficient (Wildman–Crippen LogP) is 3.02. The van der Waals surface area contributed by atoms with Crippen LogP contribution in [0.5, 0.6) is 5.75 Å². The molecule has 0 spiro atoms. The van der Waals surface area contributed by atoms with Gasteiger partial charge in [-0.05, 0) is 55.1 Å². The van der Waals surface area contributed by atoms with Gasteiger partial charge in [-0.25, -0.2) is 0 Å². The Labute approximate surface area is 145 Å². The van der Waals surface area contributed by atoms with E-state index in [2.05, 4.69) is 10.9 Å². The molecule has 0 saturated carbocycles. The number of nitrogens with one attached hydrogen (secondary N) is 2. The standard InChI is InChI=1S/C18H20N2O3S/c1-3-23-16-9-7-14(8-10-16)17(21)19-20-18(22)15-6-4-5-13(11-15)12-24-2/h4-11H,3,12H2,1-2H3,(H,19,21)(H,20,22). The van der Waals surface area contributed by atoms with Crippen molar-refractivity contribution in [2.75, 3.05) is 12.9 Å². The molecule has 0 aliphatic carbocycles. The van der Waals surface area contributed by atoms with Crippen molar-refractivity contribution >= 4 is 23.6 Å². The third kappa shape index (κ3) is 5.03. The Morgan fingerprint density at radius 1 is 1.00 bits per heavy atom. The summed E-state index contributed by atoms with van der Waals surface area (Å²) in [4.78, 5) is 24.2. The predicted molar refractivity (Wildman–Crippen MR) is 96.2 cm³/mol. The summed E-state index contributed by atoms with van der Waals surface area (Å²) in [6, 6.07) is 14.0. The molecule has 0 heterocycles. The molecule has 5 nitrogen and oxygen atoms in total. The van der Waals surface area contributed by atoms with Gasteiger partial charge in [-0.15, -0.1) is 0 Å². The summed E-state index contributed by atoms with van der Waals surface area (Å²) < 4.78 is 5.32. The number of hydrogen-bond acceptors (Lipinski definition) is 4. The van der Waals surface area contributed by atoms with E-state index in [0.717, 1.165) is 11.3 Å². The molecule has 0 bridgehead atoms. The average Bonchev–Trinajstić information content (AvgIpc) is 2.61. The first-order valence-corrected chi connectivity index (χ1v) is 8.95. The lowest BCUT2D eigenvalue weighted by atomic mass is 10.1. The third-order valence-corrected chi connectivity index (χ3v) is 3.84. The zero-order chi connectivity index (χ0) is 17.4. The SMILES string of the molecule is CCOc1ccc(C(=O)NNC(=O)c2cccc(CSC)c2)cc1. The summed E-state index contributed by atoms with van der Waals surface area (Å²) in [6.45, 7) is 2.46. The van der Waals surface area contributed by atoms with Crippen molar-refractivity contribution in [3.63, 3.8) is 0 Å². The molecule has 2 rings (SSSR count). The van der Waals surface area contributed by atoms with Crippen molar-refractivity contribution in [3.05, 3.63) is 65.2 Å². The number of carbonyl (C=O) groups excluding carboxylic acids is 2. The molecule has 2 aromatic rings. The molecule has 6 heteroatoms. The van der Waals surface area contributed by atoms with E-state index < -0.39 is 0 Å². The molecule has 0 fully saturated rings. The van der Waals surface area contributed by atoms with Crippen LogP contribution < -0.4 is 15.6 Å². The molecule has 2 amide bonds. The summed E-state index contributed by atoms with van der Waals surface area (Å²) in [6.07, 6.45) is 2.00. The normalized spacial score (nSPS) is 10.1. The van der Waals surface area contributed by atoms with E-state index in [1.54, 1.807) is 42.1 Å². The Kier molecular flexibility index (Phi) is 6.69. The van der Waals surface area contributed by atoms with Crippen LogP contribution in [0.4, 0.5) is 0 Å². The highest BCUT2D eigenvalue weighted by atomic mass is 32.2. The fourth-order valence-electron chi connectivity index (χ4n) is 2.10. The van der Waals surface area contributed by atoms with Crippen LogP contribution in [0.3, 0.4) is 0 Å². The third-order valence-electron chi connectivity index (χ3n) is 3.22. The van der Waals surface area contributed by atoms with Crippen molar-refractivity contribution in [1.82, 2.24) is 10.9 Å². The van der Waals surface area contributed by atoms with Crippen LogP contribution in [0.15, 0.2) is 48.5 Å². The fraction of sp³-hybridized carbons (Fsp3) is 0.222. The van der Waals surface area contributed by atoms with Crippen LogP contribution in [-0.4, -0.2) is 24.7 Å². The lowest BCUT2D eigenvalue weighted by Crippen LogP contribution is -2.41. The van der Waals surface area contributed by atoms with Crippen LogP contribution >= 0.6 is 11.8 Å². The molecular weight excluding hydrogens is 324 g/mol. The quantitative estimate of drug-likeness (QED) is 0.791. The number of benzene rings is 2. The van der Waals surface area contributed by atoms with Gasteiger partial charge in [0, 0.05) is 16.9 Å². The molecule has 24 heavy (non-hydrogen) atoms. The zero-order valence-electron chi connectivity index (χ0n) is 13.7. The lowest BCUT2D eigenvalue weighted by Gasteiger charge is -2.09. The topological polar surface area (TPSA) is 67.4 Å². The van der Waals surface area contributed by atoms with Crippen LogP contribution in [0.1, 0.15) is 33.2 Å². The molecule has 0 aliphatic rings. The van der Waals surface area contributed by atoms with Gasteiger partial charge in [-0.3, -0.25) is 20.4 Å². The molecular formula is C18H20N2O3S. The van der Waals surface area contributed by atoms with Gasteiger partial charge >= 0.3 is 0 Å². The van der Waals surface area contributed by atoms with Gasteiger partial charge in [0.1, 0.15) is 5.75 Å². The van der Waals surface area contributed by atoms with E-state index in [-0.39, 0.29) is 11.8 Å². The highest BCUT2D eigenvalue weighted by Gasteiger charge is 2.09. The van der Waals surface area contributed by atoms with Crippen LogP contribution in [0, 0.1) is 0 Å². The summed E-state index contributed by atoms with van der Waals surface area (Å²) in [5.41, 5.74) is 6.86. The van der Waals surface area contributed by atoms with Crippen molar-refractivity contribution in [2.45, 2.75) is 12.7 Å². The Morgan fingerprint density at radius 2 is 1.67 bits per heavy atom. The summed E-state index contributed by atoms with van der Waals surface area (Å²) >= 11 is 1.68. The van der Waals surface area contributed by atoms with E-state index in [0.29, 0.717) is 23.5 Å². The highest BCUT2D eigenvalue weighted by molar-refractivity contribution is 7.97.